The summed E-state index contributed by atoms with van der Waals surface area (Å²) in [6.07, 6.45) is 1.41. The molecule has 39 heavy (non-hydrogen) atoms. The monoisotopic (exact) mass is 581 g/mol. The lowest BCUT2D eigenvalue weighted by Gasteiger charge is -2.29. The number of rotatable bonds is 10. The average Bonchev–Trinajstić information content (AvgIpc) is 2.92. The normalized spacial score (nSPS) is 12.9. The van der Waals surface area contributed by atoms with Crippen LogP contribution < -0.4 is 4.72 Å². The van der Waals surface area contributed by atoms with Gasteiger partial charge in [0.25, 0.3) is 10.0 Å². The van der Waals surface area contributed by atoms with E-state index in [0.717, 1.165) is 15.5 Å². The molecule has 4 aromatic carbocycles. The van der Waals surface area contributed by atoms with Gasteiger partial charge in [-0.3, -0.25) is 0 Å². The predicted octanol–water partition coefficient (Wildman–Crippen LogP) is 5.70. The van der Waals surface area contributed by atoms with Gasteiger partial charge in [-0.1, -0.05) is 89.5 Å². The fourth-order valence-electron chi connectivity index (χ4n) is 3.79. The molecule has 7 nitrogen and oxygen atoms in total. The van der Waals surface area contributed by atoms with Crippen LogP contribution in [-0.4, -0.2) is 34.0 Å². The summed E-state index contributed by atoms with van der Waals surface area (Å²) >= 11 is 6.00. The molecular weight excluding hydrogens is 554 g/mol. The number of hydrazone groups is 1. The molecule has 0 aromatic heterocycles. The second-order valence-electron chi connectivity index (χ2n) is 8.98. The maximum absolute atomic E-state index is 14.0. The Morgan fingerprint density at radius 1 is 0.769 bits per heavy atom. The Bertz CT molecular complexity index is 1640. The first-order valence-electron chi connectivity index (χ1n) is 12.1. The molecule has 4 rings (SSSR count). The molecular formula is C29H28ClN3O4S2. The van der Waals surface area contributed by atoms with Crippen molar-refractivity contribution in [3.05, 3.63) is 130 Å². The van der Waals surface area contributed by atoms with Gasteiger partial charge >= 0.3 is 0 Å². The molecule has 0 aliphatic heterocycles. The van der Waals surface area contributed by atoms with E-state index < -0.39 is 26.1 Å². The zero-order chi connectivity index (χ0) is 28.0. The van der Waals surface area contributed by atoms with Crippen molar-refractivity contribution in [3.63, 3.8) is 0 Å². The van der Waals surface area contributed by atoms with E-state index in [2.05, 4.69) is 9.82 Å². The fourth-order valence-corrected chi connectivity index (χ4v) is 6.35. The van der Waals surface area contributed by atoms with Gasteiger partial charge < -0.3 is 0 Å². The van der Waals surface area contributed by atoms with Gasteiger partial charge in [-0.25, -0.2) is 13.1 Å². The van der Waals surface area contributed by atoms with E-state index in [1.807, 2.05) is 13.8 Å². The molecule has 10 heteroatoms. The van der Waals surface area contributed by atoms with Crippen molar-refractivity contribution >= 4 is 37.9 Å². The van der Waals surface area contributed by atoms with Crippen LogP contribution in [0.1, 0.15) is 28.3 Å². The van der Waals surface area contributed by atoms with Crippen LogP contribution in [0, 0.1) is 13.8 Å². The van der Waals surface area contributed by atoms with E-state index in [-0.39, 0.29) is 16.3 Å². The van der Waals surface area contributed by atoms with Crippen LogP contribution in [-0.2, 0) is 20.0 Å². The van der Waals surface area contributed by atoms with Crippen LogP contribution in [0.4, 0.5) is 0 Å². The lowest BCUT2D eigenvalue weighted by molar-refractivity contribution is 0.337. The van der Waals surface area contributed by atoms with Gasteiger partial charge in [0.05, 0.1) is 16.0 Å². The summed E-state index contributed by atoms with van der Waals surface area (Å²) in [4.78, 5) is 0.112. The third-order valence-electron chi connectivity index (χ3n) is 6.00. The van der Waals surface area contributed by atoms with Crippen LogP contribution in [0.15, 0.2) is 118 Å². The van der Waals surface area contributed by atoms with Gasteiger partial charge in [0.1, 0.15) is 6.04 Å². The Hall–Kier alpha value is -3.50. The third-order valence-corrected chi connectivity index (χ3v) is 9.41. The van der Waals surface area contributed by atoms with Crippen molar-refractivity contribution in [1.29, 1.82) is 0 Å². The number of sulfonamides is 2. The van der Waals surface area contributed by atoms with Gasteiger partial charge in [0.15, 0.2) is 0 Å². The Morgan fingerprint density at radius 3 is 1.87 bits per heavy atom. The highest BCUT2D eigenvalue weighted by atomic mass is 35.5. The highest BCUT2D eigenvalue weighted by Crippen LogP contribution is 2.29. The first kappa shape index (κ1) is 28.5. The van der Waals surface area contributed by atoms with Crippen LogP contribution in [0.3, 0.4) is 0 Å². The van der Waals surface area contributed by atoms with Gasteiger partial charge in [0.2, 0.25) is 10.0 Å². The highest BCUT2D eigenvalue weighted by molar-refractivity contribution is 7.89. The van der Waals surface area contributed by atoms with Crippen LogP contribution in [0.5, 0.6) is 0 Å². The van der Waals surface area contributed by atoms with Crippen LogP contribution in [0.2, 0.25) is 5.02 Å². The minimum absolute atomic E-state index is 0.0312. The number of hydrogen-bond acceptors (Lipinski definition) is 5. The molecule has 1 N–H and O–H groups in total. The molecule has 0 aliphatic rings. The zero-order valence-corrected chi connectivity index (χ0v) is 23.8. The molecule has 0 bridgehead atoms. The average molecular weight is 582 g/mol. The summed E-state index contributed by atoms with van der Waals surface area (Å²) < 4.78 is 57.8. The van der Waals surface area contributed by atoms with E-state index in [4.69, 9.17) is 11.6 Å². The summed E-state index contributed by atoms with van der Waals surface area (Å²) in [6, 6.07) is 27.4. The number of hydrogen-bond donors (Lipinski definition) is 1. The summed E-state index contributed by atoms with van der Waals surface area (Å²) in [7, 11) is -8.15. The molecule has 0 radical (unpaired) electrons. The second-order valence-corrected chi connectivity index (χ2v) is 13.0. The maximum Gasteiger partial charge on any atom is 0.279 e. The van der Waals surface area contributed by atoms with Crippen molar-refractivity contribution < 1.29 is 16.8 Å². The number of halogens is 1. The number of benzene rings is 4. The molecule has 0 amide bonds. The molecule has 0 spiro atoms. The van der Waals surface area contributed by atoms with Crippen molar-refractivity contribution in [1.82, 2.24) is 9.14 Å². The molecule has 1 unspecified atom stereocenters. The predicted molar refractivity (Wildman–Crippen MR) is 155 cm³/mol. The number of aryl methyl sites for hydroxylation is 2. The standard InChI is InChI=1S/C29H28ClN3O4S2/c1-22-8-16-27(17-9-22)38(34,35)32-21-29(25-6-4-3-5-7-25)33(31-20-24-12-14-26(30)15-13-24)39(36,37)28-18-10-23(2)11-19-28/h3-20,29,32H,21H2,1-2H3/b31-20+. The molecule has 0 heterocycles. The molecule has 0 fully saturated rings. The molecule has 0 saturated heterocycles. The van der Waals surface area contributed by atoms with Crippen molar-refractivity contribution in [3.8, 4) is 0 Å². The van der Waals surface area contributed by atoms with E-state index in [0.29, 0.717) is 16.1 Å². The van der Waals surface area contributed by atoms with Crippen LogP contribution in [0.25, 0.3) is 0 Å². The molecule has 0 saturated carbocycles. The molecule has 0 aliphatic carbocycles. The second kappa shape index (κ2) is 12.1. The van der Waals surface area contributed by atoms with Crippen molar-refractivity contribution in [2.24, 2.45) is 5.10 Å². The van der Waals surface area contributed by atoms with Gasteiger partial charge in [-0.05, 0) is 61.4 Å². The minimum Gasteiger partial charge on any atom is -0.209 e. The fraction of sp³-hybridized carbons (Fsp3) is 0.138. The van der Waals surface area contributed by atoms with Gasteiger partial charge in [-0.15, -0.1) is 0 Å². The Kier molecular flexibility index (Phi) is 8.87. The highest BCUT2D eigenvalue weighted by Gasteiger charge is 2.32. The van der Waals surface area contributed by atoms with E-state index in [9.17, 15) is 16.8 Å². The summed E-state index contributed by atoms with van der Waals surface area (Å²) in [5.74, 6) is 0. The van der Waals surface area contributed by atoms with E-state index in [1.165, 1.54) is 30.5 Å². The van der Waals surface area contributed by atoms with Crippen LogP contribution >= 0.6 is 11.6 Å². The number of nitrogens with zero attached hydrogens (tertiary/aromatic N) is 2. The smallest absolute Gasteiger partial charge is 0.209 e. The largest absolute Gasteiger partial charge is 0.279 e. The van der Waals surface area contributed by atoms with Crippen molar-refractivity contribution in [2.45, 2.75) is 29.7 Å². The first-order chi connectivity index (χ1) is 18.6. The number of nitrogens with one attached hydrogen (secondary N) is 1. The molecule has 4 aromatic rings. The van der Waals surface area contributed by atoms with Gasteiger partial charge in [-0.2, -0.15) is 17.9 Å². The topological polar surface area (TPSA) is 95.9 Å². The van der Waals surface area contributed by atoms with E-state index >= 15 is 0 Å². The Balaban J connectivity index is 1.78. The van der Waals surface area contributed by atoms with E-state index in [1.54, 1.807) is 78.9 Å². The lowest BCUT2D eigenvalue weighted by atomic mass is 10.1. The van der Waals surface area contributed by atoms with Gasteiger partial charge in [0, 0.05) is 11.6 Å². The SMILES string of the molecule is Cc1ccc(S(=O)(=O)NCC(c2ccccc2)N(/N=C/c2ccc(Cl)cc2)S(=O)(=O)c2ccc(C)cc2)cc1. The zero-order valence-electron chi connectivity index (χ0n) is 21.4. The summed E-state index contributed by atoms with van der Waals surface area (Å²) in [5.41, 5.74) is 3.00. The third kappa shape index (κ3) is 7.13. The quantitative estimate of drug-likeness (QED) is 0.192. The maximum atomic E-state index is 14.0. The Labute approximate surface area is 234 Å². The molecule has 202 valence electrons. The minimum atomic E-state index is -4.21. The first-order valence-corrected chi connectivity index (χ1v) is 15.4. The summed E-state index contributed by atoms with van der Waals surface area (Å²) in [5, 5.41) is 4.93. The van der Waals surface area contributed by atoms with Crippen molar-refractivity contribution in [2.75, 3.05) is 6.54 Å². The Morgan fingerprint density at radius 2 is 1.31 bits per heavy atom. The molecule has 1 atom stereocenters. The lowest BCUT2D eigenvalue weighted by Crippen LogP contribution is -2.39. The summed E-state index contributed by atoms with van der Waals surface area (Å²) in [6.45, 7) is 3.46.